The predicted molar refractivity (Wildman–Crippen MR) is 60.5 cm³/mol. The molecule has 0 aliphatic rings. The molecule has 0 saturated carbocycles. The molecular formula is C9H6BrNO3S. The molecule has 0 aliphatic carbocycles. The summed E-state index contributed by atoms with van der Waals surface area (Å²) < 4.78 is 5.09. The summed E-state index contributed by atoms with van der Waals surface area (Å²) in [5.41, 5.74) is 0. The van der Waals surface area contributed by atoms with E-state index in [9.17, 15) is 10.1 Å². The molecule has 78 valence electrons. The van der Waals surface area contributed by atoms with E-state index in [1.54, 1.807) is 17.4 Å². The van der Waals surface area contributed by atoms with Gasteiger partial charge in [0, 0.05) is 4.88 Å². The molecule has 0 amide bonds. The van der Waals surface area contributed by atoms with Crippen molar-refractivity contribution in [3.8, 4) is 0 Å². The molecule has 0 aliphatic heterocycles. The maximum Gasteiger partial charge on any atom is 0.433 e. The zero-order valence-electron chi connectivity index (χ0n) is 7.42. The minimum atomic E-state index is -0.544. The Labute approximate surface area is 97.8 Å². The molecule has 0 saturated heterocycles. The molecular weight excluding hydrogens is 282 g/mol. The number of alkyl halides is 1. The Balaban J connectivity index is 2.26. The van der Waals surface area contributed by atoms with E-state index in [1.807, 2.05) is 17.5 Å². The molecule has 15 heavy (non-hydrogen) atoms. The van der Waals surface area contributed by atoms with Crippen LogP contribution in [0.1, 0.15) is 15.5 Å². The second kappa shape index (κ2) is 4.16. The fraction of sp³-hybridized carbons (Fsp3) is 0.111. The van der Waals surface area contributed by atoms with Crippen LogP contribution in [0, 0.1) is 10.1 Å². The van der Waals surface area contributed by atoms with Gasteiger partial charge >= 0.3 is 5.88 Å². The second-order valence-corrected chi connectivity index (χ2v) is 4.71. The largest absolute Gasteiger partial charge is 0.433 e. The molecule has 0 aromatic carbocycles. The van der Waals surface area contributed by atoms with Gasteiger partial charge in [0.2, 0.25) is 0 Å². The number of hydrogen-bond donors (Lipinski definition) is 0. The third-order valence-corrected chi connectivity index (χ3v) is 4.02. The number of furan rings is 1. The van der Waals surface area contributed by atoms with Crippen molar-refractivity contribution in [1.29, 1.82) is 0 Å². The van der Waals surface area contributed by atoms with Crippen molar-refractivity contribution in [2.24, 2.45) is 0 Å². The maximum absolute atomic E-state index is 10.4. The van der Waals surface area contributed by atoms with Crippen LogP contribution in [0.2, 0.25) is 0 Å². The van der Waals surface area contributed by atoms with Gasteiger partial charge in [0.05, 0.1) is 6.07 Å². The highest BCUT2D eigenvalue weighted by Crippen LogP contribution is 2.35. The van der Waals surface area contributed by atoms with E-state index >= 15 is 0 Å². The zero-order chi connectivity index (χ0) is 10.8. The lowest BCUT2D eigenvalue weighted by atomic mass is 10.3. The first kappa shape index (κ1) is 10.4. The first-order valence-electron chi connectivity index (χ1n) is 4.10. The molecule has 2 heterocycles. The molecule has 2 aromatic heterocycles. The topological polar surface area (TPSA) is 56.3 Å². The lowest BCUT2D eigenvalue weighted by molar-refractivity contribution is -0.402. The van der Waals surface area contributed by atoms with Crippen molar-refractivity contribution in [2.75, 3.05) is 0 Å². The maximum atomic E-state index is 10.4. The Morgan fingerprint density at radius 2 is 2.27 bits per heavy atom. The van der Waals surface area contributed by atoms with Crippen molar-refractivity contribution < 1.29 is 9.34 Å². The number of halogens is 1. The first-order valence-corrected chi connectivity index (χ1v) is 5.89. The minimum Gasteiger partial charge on any atom is -0.404 e. The van der Waals surface area contributed by atoms with Gasteiger partial charge in [-0.15, -0.1) is 11.3 Å². The van der Waals surface area contributed by atoms with Crippen LogP contribution in [0.25, 0.3) is 0 Å². The average Bonchev–Trinajstić information content (AvgIpc) is 2.88. The summed E-state index contributed by atoms with van der Waals surface area (Å²) in [4.78, 5) is 10.8. The first-order chi connectivity index (χ1) is 7.18. The van der Waals surface area contributed by atoms with Crippen LogP contribution >= 0.6 is 27.3 Å². The zero-order valence-corrected chi connectivity index (χ0v) is 9.82. The number of nitrogens with zero attached hydrogens (tertiary/aromatic N) is 1. The summed E-state index contributed by atoms with van der Waals surface area (Å²) in [5.74, 6) is 0.315. The fourth-order valence-electron chi connectivity index (χ4n) is 1.15. The van der Waals surface area contributed by atoms with Crippen LogP contribution in [0.5, 0.6) is 0 Å². The summed E-state index contributed by atoms with van der Waals surface area (Å²) in [6, 6.07) is 6.83. The Morgan fingerprint density at radius 3 is 2.80 bits per heavy atom. The summed E-state index contributed by atoms with van der Waals surface area (Å²) in [7, 11) is 0. The molecule has 4 nitrogen and oxygen atoms in total. The molecule has 2 aromatic rings. The van der Waals surface area contributed by atoms with Gasteiger partial charge in [0.1, 0.15) is 15.5 Å². The third-order valence-electron chi connectivity index (χ3n) is 1.84. The lowest BCUT2D eigenvalue weighted by Crippen LogP contribution is -1.86. The van der Waals surface area contributed by atoms with Crippen LogP contribution in [-0.4, -0.2) is 4.92 Å². The van der Waals surface area contributed by atoms with Crippen molar-refractivity contribution in [3.05, 3.63) is 50.4 Å². The Bertz CT molecular complexity index is 465. The summed E-state index contributed by atoms with van der Waals surface area (Å²) in [5, 5.41) is 12.4. The van der Waals surface area contributed by atoms with Crippen LogP contribution in [0.4, 0.5) is 5.88 Å². The van der Waals surface area contributed by atoms with E-state index in [0.717, 1.165) is 4.88 Å². The number of thiophene rings is 1. The smallest absolute Gasteiger partial charge is 0.404 e. The van der Waals surface area contributed by atoms with Gasteiger partial charge in [-0.1, -0.05) is 22.0 Å². The molecule has 1 unspecified atom stereocenters. The van der Waals surface area contributed by atoms with Crippen LogP contribution in [0.3, 0.4) is 0 Å². The molecule has 0 N–H and O–H groups in total. The number of nitro groups is 1. The van der Waals surface area contributed by atoms with E-state index in [4.69, 9.17) is 4.42 Å². The summed E-state index contributed by atoms with van der Waals surface area (Å²) in [6.07, 6.45) is 0. The molecule has 0 spiro atoms. The molecule has 1 atom stereocenters. The third kappa shape index (κ3) is 2.10. The van der Waals surface area contributed by atoms with Crippen molar-refractivity contribution in [1.82, 2.24) is 0 Å². The van der Waals surface area contributed by atoms with Gasteiger partial charge < -0.3 is 4.42 Å². The Kier molecular flexibility index (Phi) is 2.88. The Morgan fingerprint density at radius 1 is 1.47 bits per heavy atom. The average molecular weight is 288 g/mol. The highest BCUT2D eigenvalue weighted by atomic mass is 79.9. The highest BCUT2D eigenvalue weighted by molar-refractivity contribution is 9.09. The monoisotopic (exact) mass is 287 g/mol. The van der Waals surface area contributed by atoms with E-state index in [0.29, 0.717) is 5.76 Å². The molecule has 2 rings (SSSR count). The van der Waals surface area contributed by atoms with Crippen LogP contribution < -0.4 is 0 Å². The van der Waals surface area contributed by atoms with E-state index in [-0.39, 0.29) is 10.7 Å². The molecule has 0 radical (unpaired) electrons. The van der Waals surface area contributed by atoms with Gasteiger partial charge in [0.15, 0.2) is 0 Å². The molecule has 0 bridgehead atoms. The van der Waals surface area contributed by atoms with Gasteiger partial charge in [-0.2, -0.15) is 0 Å². The predicted octanol–water partition coefficient (Wildman–Crippen LogP) is 3.73. The lowest BCUT2D eigenvalue weighted by Gasteiger charge is -2.01. The van der Waals surface area contributed by atoms with Crippen molar-refractivity contribution in [3.63, 3.8) is 0 Å². The van der Waals surface area contributed by atoms with Crippen LogP contribution in [-0.2, 0) is 0 Å². The van der Waals surface area contributed by atoms with E-state index in [1.165, 1.54) is 6.07 Å². The summed E-state index contributed by atoms with van der Waals surface area (Å²) in [6.45, 7) is 0. The van der Waals surface area contributed by atoms with Crippen LogP contribution in [0.15, 0.2) is 34.1 Å². The number of hydrogen-bond acceptors (Lipinski definition) is 4. The van der Waals surface area contributed by atoms with E-state index in [2.05, 4.69) is 15.9 Å². The molecule has 6 heteroatoms. The van der Waals surface area contributed by atoms with Gasteiger partial charge in [-0.25, -0.2) is 0 Å². The van der Waals surface area contributed by atoms with E-state index < -0.39 is 4.92 Å². The highest BCUT2D eigenvalue weighted by Gasteiger charge is 2.19. The van der Waals surface area contributed by atoms with Gasteiger partial charge in [0.25, 0.3) is 0 Å². The van der Waals surface area contributed by atoms with Crippen molar-refractivity contribution in [2.45, 2.75) is 4.83 Å². The standard InChI is InChI=1S/C9H6BrNO3S/c10-9(7-2-1-5-15-7)6-3-4-8(14-6)11(12)13/h1-5,9H. The quantitative estimate of drug-likeness (QED) is 0.491. The Hall–Kier alpha value is -1.14. The minimum absolute atomic E-state index is 0.119. The van der Waals surface area contributed by atoms with Gasteiger partial charge in [-0.05, 0) is 17.5 Å². The second-order valence-electron chi connectivity index (χ2n) is 2.81. The summed E-state index contributed by atoms with van der Waals surface area (Å²) >= 11 is 5.00. The SMILES string of the molecule is O=[N+]([O-])c1ccc(C(Br)c2cccs2)o1. The van der Waals surface area contributed by atoms with Crippen molar-refractivity contribution >= 4 is 33.2 Å². The normalized spacial score (nSPS) is 12.6. The molecule has 0 fully saturated rings. The fourth-order valence-corrected chi connectivity index (χ4v) is 2.58. The number of rotatable bonds is 3. The van der Waals surface area contributed by atoms with Gasteiger partial charge in [-0.3, -0.25) is 10.1 Å².